The van der Waals surface area contributed by atoms with E-state index in [-0.39, 0.29) is 17.9 Å². The van der Waals surface area contributed by atoms with Gasteiger partial charge in [0.05, 0.1) is 6.42 Å². The van der Waals surface area contributed by atoms with Crippen molar-refractivity contribution in [2.45, 2.75) is 39.0 Å². The normalized spacial score (nSPS) is 15.3. The highest BCUT2D eigenvalue weighted by molar-refractivity contribution is 5.78. The van der Waals surface area contributed by atoms with Crippen molar-refractivity contribution in [1.29, 1.82) is 0 Å². The molecule has 0 spiro atoms. The Morgan fingerprint density at radius 3 is 2.64 bits per heavy atom. The van der Waals surface area contributed by atoms with Crippen LogP contribution in [0.15, 0.2) is 41.3 Å². The molecule has 25 heavy (non-hydrogen) atoms. The fraction of sp³-hybridized carbons (Fsp3) is 0.450. The van der Waals surface area contributed by atoms with E-state index in [1.54, 1.807) is 6.92 Å². The summed E-state index contributed by atoms with van der Waals surface area (Å²) in [6.07, 6.45) is 6.01. The molecule has 0 saturated carbocycles. The van der Waals surface area contributed by atoms with Gasteiger partial charge in [0, 0.05) is 24.8 Å². The lowest BCUT2D eigenvalue weighted by Crippen LogP contribution is -2.40. The van der Waals surface area contributed by atoms with E-state index in [0.29, 0.717) is 17.3 Å². The maximum Gasteiger partial charge on any atom is 0.254 e. The summed E-state index contributed by atoms with van der Waals surface area (Å²) in [5, 5.41) is 0. The molecule has 1 amide bonds. The summed E-state index contributed by atoms with van der Waals surface area (Å²) in [4.78, 5) is 32.9. The molecule has 2 heterocycles. The first kappa shape index (κ1) is 17.4. The molecular formula is C20H25N3O2. The third-order valence-corrected chi connectivity index (χ3v) is 4.99. The molecular weight excluding hydrogens is 314 g/mol. The number of hydrogen-bond acceptors (Lipinski definition) is 3. The third kappa shape index (κ3) is 4.78. The second-order valence-corrected chi connectivity index (χ2v) is 6.85. The zero-order valence-corrected chi connectivity index (χ0v) is 14.7. The number of piperidine rings is 1. The monoisotopic (exact) mass is 339 g/mol. The Morgan fingerprint density at radius 1 is 1.24 bits per heavy atom. The van der Waals surface area contributed by atoms with Gasteiger partial charge in [0.25, 0.3) is 5.56 Å². The Kier molecular flexibility index (Phi) is 5.64. The molecule has 3 rings (SSSR count). The number of carbonyl (C=O) groups is 1. The van der Waals surface area contributed by atoms with Crippen LogP contribution in [0.4, 0.5) is 0 Å². The molecule has 0 aliphatic carbocycles. The smallest absolute Gasteiger partial charge is 0.254 e. The van der Waals surface area contributed by atoms with Crippen LogP contribution >= 0.6 is 0 Å². The predicted molar refractivity (Wildman–Crippen MR) is 97.4 cm³/mol. The number of carbonyl (C=O) groups excluding carboxylic acids is 1. The number of benzene rings is 1. The Hall–Kier alpha value is -2.43. The predicted octanol–water partition coefficient (Wildman–Crippen LogP) is 2.49. The minimum absolute atomic E-state index is 0.0256. The molecule has 0 radical (unpaired) electrons. The fourth-order valence-corrected chi connectivity index (χ4v) is 3.40. The molecule has 0 atom stereocenters. The van der Waals surface area contributed by atoms with E-state index in [1.807, 2.05) is 11.0 Å². The Labute approximate surface area is 148 Å². The van der Waals surface area contributed by atoms with Crippen LogP contribution in [0.25, 0.3) is 0 Å². The van der Waals surface area contributed by atoms with E-state index in [4.69, 9.17) is 0 Å². The highest BCUT2D eigenvalue weighted by Crippen LogP contribution is 2.22. The lowest BCUT2D eigenvalue weighted by molar-refractivity contribution is -0.131. The first-order valence-electron chi connectivity index (χ1n) is 8.98. The molecule has 1 N–H and O–H groups in total. The zero-order valence-electron chi connectivity index (χ0n) is 14.7. The van der Waals surface area contributed by atoms with Crippen LogP contribution in [-0.4, -0.2) is 33.9 Å². The van der Waals surface area contributed by atoms with Crippen molar-refractivity contribution < 1.29 is 4.79 Å². The summed E-state index contributed by atoms with van der Waals surface area (Å²) in [5.74, 6) is 1.27. The van der Waals surface area contributed by atoms with Gasteiger partial charge in [0.1, 0.15) is 5.82 Å². The van der Waals surface area contributed by atoms with E-state index in [9.17, 15) is 9.59 Å². The van der Waals surface area contributed by atoms with Gasteiger partial charge in [-0.15, -0.1) is 0 Å². The van der Waals surface area contributed by atoms with Crippen molar-refractivity contribution in [1.82, 2.24) is 14.9 Å². The highest BCUT2D eigenvalue weighted by Gasteiger charge is 2.23. The number of nitrogens with zero attached hydrogens (tertiary/aromatic N) is 2. The second kappa shape index (κ2) is 8.10. The number of nitrogens with one attached hydrogen (secondary N) is 1. The molecule has 0 unspecified atom stereocenters. The molecule has 1 aromatic heterocycles. The molecule has 1 aromatic carbocycles. The van der Waals surface area contributed by atoms with E-state index in [2.05, 4.69) is 34.2 Å². The van der Waals surface area contributed by atoms with E-state index < -0.39 is 0 Å². The maximum absolute atomic E-state index is 12.4. The second-order valence-electron chi connectivity index (χ2n) is 6.85. The van der Waals surface area contributed by atoms with Crippen LogP contribution in [0.3, 0.4) is 0 Å². The van der Waals surface area contributed by atoms with Crippen molar-refractivity contribution in [3.63, 3.8) is 0 Å². The fourth-order valence-electron chi connectivity index (χ4n) is 3.40. The van der Waals surface area contributed by atoms with Gasteiger partial charge >= 0.3 is 0 Å². The Balaban J connectivity index is 1.46. The minimum Gasteiger partial charge on any atom is -0.342 e. The largest absolute Gasteiger partial charge is 0.342 e. The molecule has 1 aliphatic heterocycles. The number of hydrogen-bond donors (Lipinski definition) is 1. The molecule has 0 bridgehead atoms. The van der Waals surface area contributed by atoms with Crippen molar-refractivity contribution in [2.24, 2.45) is 5.92 Å². The third-order valence-electron chi connectivity index (χ3n) is 4.99. The molecule has 2 aromatic rings. The molecule has 1 fully saturated rings. The van der Waals surface area contributed by atoms with Crippen LogP contribution in [0.2, 0.25) is 0 Å². The van der Waals surface area contributed by atoms with Crippen LogP contribution in [-0.2, 0) is 17.6 Å². The number of aryl methyl sites for hydroxylation is 2. The molecule has 132 valence electrons. The van der Waals surface area contributed by atoms with Gasteiger partial charge in [0.15, 0.2) is 0 Å². The Bertz CT molecular complexity index is 762. The van der Waals surface area contributed by atoms with Gasteiger partial charge in [0.2, 0.25) is 5.91 Å². The van der Waals surface area contributed by atoms with Crippen LogP contribution in [0, 0.1) is 12.8 Å². The number of rotatable bonds is 5. The summed E-state index contributed by atoms with van der Waals surface area (Å²) in [6.45, 7) is 3.30. The summed E-state index contributed by atoms with van der Waals surface area (Å²) >= 11 is 0. The van der Waals surface area contributed by atoms with Crippen molar-refractivity contribution >= 4 is 5.91 Å². The molecule has 1 saturated heterocycles. The van der Waals surface area contributed by atoms with E-state index in [1.165, 1.54) is 18.2 Å². The van der Waals surface area contributed by atoms with Crippen LogP contribution < -0.4 is 5.56 Å². The molecule has 1 aliphatic rings. The SMILES string of the molecule is Cc1ncc(CC(=O)N2CCC(CCc3ccccc3)CC2)c(=O)[nH]1. The maximum atomic E-state index is 12.4. The number of aromatic amines is 1. The summed E-state index contributed by atoms with van der Waals surface area (Å²) < 4.78 is 0. The quantitative estimate of drug-likeness (QED) is 0.910. The zero-order chi connectivity index (χ0) is 17.6. The Morgan fingerprint density at radius 2 is 1.96 bits per heavy atom. The van der Waals surface area contributed by atoms with Crippen molar-refractivity contribution in [3.8, 4) is 0 Å². The standard InChI is InChI=1S/C20H25N3O2/c1-15-21-14-18(20(25)22-15)13-19(24)23-11-9-17(10-12-23)8-7-16-5-3-2-4-6-16/h2-6,14,17H,7-13H2,1H3,(H,21,22,25). The number of H-pyrrole nitrogens is 1. The van der Waals surface area contributed by atoms with Crippen LogP contribution in [0.5, 0.6) is 0 Å². The average Bonchev–Trinajstić information content (AvgIpc) is 2.63. The average molecular weight is 339 g/mol. The number of likely N-dealkylation sites (tertiary alicyclic amines) is 1. The van der Waals surface area contributed by atoms with Crippen molar-refractivity contribution in [2.75, 3.05) is 13.1 Å². The van der Waals surface area contributed by atoms with Gasteiger partial charge < -0.3 is 9.88 Å². The van der Waals surface area contributed by atoms with Gasteiger partial charge in [-0.05, 0) is 44.1 Å². The lowest BCUT2D eigenvalue weighted by atomic mass is 9.90. The van der Waals surface area contributed by atoms with Crippen LogP contribution in [0.1, 0.15) is 36.2 Å². The lowest BCUT2D eigenvalue weighted by Gasteiger charge is -2.32. The topological polar surface area (TPSA) is 66.1 Å². The molecule has 5 heteroatoms. The van der Waals surface area contributed by atoms with Gasteiger partial charge in [-0.25, -0.2) is 4.98 Å². The highest BCUT2D eigenvalue weighted by atomic mass is 16.2. The number of aromatic nitrogens is 2. The minimum atomic E-state index is -0.210. The van der Waals surface area contributed by atoms with Crippen molar-refractivity contribution in [3.05, 3.63) is 63.8 Å². The van der Waals surface area contributed by atoms with Gasteiger partial charge in [-0.2, -0.15) is 0 Å². The summed E-state index contributed by atoms with van der Waals surface area (Å²) in [6, 6.07) is 10.6. The summed E-state index contributed by atoms with van der Waals surface area (Å²) in [5.41, 5.74) is 1.62. The summed E-state index contributed by atoms with van der Waals surface area (Å²) in [7, 11) is 0. The first-order valence-corrected chi connectivity index (χ1v) is 8.98. The molecule has 5 nitrogen and oxygen atoms in total. The number of amides is 1. The van der Waals surface area contributed by atoms with Gasteiger partial charge in [-0.1, -0.05) is 30.3 Å². The van der Waals surface area contributed by atoms with E-state index in [0.717, 1.165) is 32.4 Å². The van der Waals surface area contributed by atoms with Gasteiger partial charge in [-0.3, -0.25) is 9.59 Å². The van der Waals surface area contributed by atoms with E-state index >= 15 is 0 Å². The first-order chi connectivity index (χ1) is 12.1.